The predicted octanol–water partition coefficient (Wildman–Crippen LogP) is 1.55. The monoisotopic (exact) mass is 346 g/mol. The minimum Gasteiger partial charge on any atom is -0.377 e. The summed E-state index contributed by atoms with van der Waals surface area (Å²) in [5.41, 5.74) is 0.100. The Kier molecular flexibility index (Phi) is 5.13. The molecule has 7 heteroatoms. The van der Waals surface area contributed by atoms with Crippen LogP contribution in [0.3, 0.4) is 0 Å². The van der Waals surface area contributed by atoms with Gasteiger partial charge in [0.2, 0.25) is 0 Å². The van der Waals surface area contributed by atoms with E-state index in [2.05, 4.69) is 41.3 Å². The Balaban J connectivity index is 1.71. The Morgan fingerprint density at radius 1 is 1.48 bits per heavy atom. The van der Waals surface area contributed by atoms with Crippen LogP contribution in [0.25, 0.3) is 0 Å². The van der Waals surface area contributed by atoms with Gasteiger partial charge in [0.15, 0.2) is 11.8 Å². The third kappa shape index (κ3) is 3.42. The number of aromatic nitrogens is 3. The molecule has 1 saturated carbocycles. The van der Waals surface area contributed by atoms with Crippen molar-refractivity contribution in [1.82, 2.24) is 25.4 Å². The summed E-state index contributed by atoms with van der Waals surface area (Å²) >= 11 is 0. The van der Waals surface area contributed by atoms with Crippen molar-refractivity contribution in [3.8, 4) is 0 Å². The maximum absolute atomic E-state index is 5.99. The lowest BCUT2D eigenvalue weighted by molar-refractivity contribution is -0.188. The van der Waals surface area contributed by atoms with Crippen LogP contribution in [0.4, 0.5) is 0 Å². The first-order valence-corrected chi connectivity index (χ1v) is 9.07. The number of aliphatic imine (C=N–C) groups is 1. The van der Waals surface area contributed by atoms with Gasteiger partial charge in [-0.25, -0.2) is 4.99 Å². The van der Waals surface area contributed by atoms with E-state index < -0.39 is 0 Å². The second-order valence-electron chi connectivity index (χ2n) is 7.60. The first-order valence-electron chi connectivity index (χ1n) is 9.07. The number of aryl methyl sites for hydroxylation is 1. The topological polar surface area (TPSA) is 76.4 Å². The van der Waals surface area contributed by atoms with Crippen LogP contribution in [0.2, 0.25) is 0 Å². The minimum atomic E-state index is 0.100. The number of fused-ring (bicyclic) bond motifs is 1. The fourth-order valence-electron chi connectivity index (χ4n) is 4.02. The van der Waals surface area contributed by atoms with Gasteiger partial charge in [0.05, 0.1) is 6.10 Å². The zero-order valence-corrected chi connectivity index (χ0v) is 15.7. The van der Waals surface area contributed by atoms with E-state index in [0.29, 0.717) is 31.2 Å². The highest BCUT2D eigenvalue weighted by Crippen LogP contribution is 2.51. The van der Waals surface area contributed by atoms with Gasteiger partial charge in [-0.2, -0.15) is 0 Å². The Labute approximate surface area is 150 Å². The number of nitrogens with one attached hydrogen (secondary N) is 2. The Bertz CT molecular complexity index is 650. The van der Waals surface area contributed by atoms with E-state index in [4.69, 9.17) is 9.73 Å². The number of hydrogen-bond donors (Lipinski definition) is 2. The fraction of sp³-hybridized carbons (Fsp3) is 0.722. The molecule has 1 aromatic heterocycles. The molecule has 7 nitrogen and oxygen atoms in total. The number of nitrogens with zero attached hydrogens (tertiary/aromatic N) is 4. The van der Waals surface area contributed by atoms with Crippen LogP contribution < -0.4 is 10.6 Å². The lowest BCUT2D eigenvalue weighted by Gasteiger charge is -2.60. The van der Waals surface area contributed by atoms with Crippen molar-refractivity contribution < 1.29 is 4.74 Å². The summed E-state index contributed by atoms with van der Waals surface area (Å²) in [6, 6.07) is 0.357. The molecule has 25 heavy (non-hydrogen) atoms. The summed E-state index contributed by atoms with van der Waals surface area (Å²) in [6.07, 6.45) is 4.53. The van der Waals surface area contributed by atoms with Gasteiger partial charge in [-0.15, -0.1) is 16.8 Å². The van der Waals surface area contributed by atoms with Crippen LogP contribution >= 0.6 is 0 Å². The van der Waals surface area contributed by atoms with E-state index in [-0.39, 0.29) is 5.41 Å². The molecule has 3 atom stereocenters. The molecular formula is C18H30N6O. The first-order chi connectivity index (χ1) is 11.9. The van der Waals surface area contributed by atoms with Crippen LogP contribution in [0, 0.1) is 18.3 Å². The van der Waals surface area contributed by atoms with Gasteiger partial charge in [0.25, 0.3) is 0 Å². The number of rotatable bonds is 5. The molecule has 3 rings (SSSR count). The second-order valence-corrected chi connectivity index (χ2v) is 7.60. The molecule has 0 bridgehead atoms. The Morgan fingerprint density at radius 3 is 2.96 bits per heavy atom. The van der Waals surface area contributed by atoms with Gasteiger partial charge in [0.1, 0.15) is 12.4 Å². The van der Waals surface area contributed by atoms with Crippen molar-refractivity contribution in [3.05, 3.63) is 24.3 Å². The molecule has 0 spiro atoms. The molecule has 2 heterocycles. The van der Waals surface area contributed by atoms with E-state index in [9.17, 15) is 0 Å². The highest BCUT2D eigenvalue weighted by Gasteiger charge is 2.58. The fourth-order valence-corrected chi connectivity index (χ4v) is 4.02. The average molecular weight is 346 g/mol. The molecule has 138 valence electrons. The smallest absolute Gasteiger partial charge is 0.192 e. The molecule has 2 N–H and O–H groups in total. The van der Waals surface area contributed by atoms with E-state index in [1.54, 1.807) is 0 Å². The predicted molar refractivity (Wildman–Crippen MR) is 98.2 cm³/mol. The molecule has 0 amide bonds. The molecule has 1 aliphatic heterocycles. The molecule has 0 radical (unpaired) electrons. The van der Waals surface area contributed by atoms with Crippen molar-refractivity contribution in [1.29, 1.82) is 0 Å². The normalized spacial score (nSPS) is 28.0. The largest absolute Gasteiger partial charge is 0.377 e. The SMILES string of the molecule is C=CCNC(=NCc1nnc(C)n1C)NC1C2CCCOC2C1(C)C. The summed E-state index contributed by atoms with van der Waals surface area (Å²) in [5.74, 6) is 3.09. The van der Waals surface area contributed by atoms with Crippen molar-refractivity contribution in [2.75, 3.05) is 13.2 Å². The van der Waals surface area contributed by atoms with Gasteiger partial charge in [0, 0.05) is 37.6 Å². The number of hydrogen-bond acceptors (Lipinski definition) is 4. The number of ether oxygens (including phenoxy) is 1. The van der Waals surface area contributed by atoms with Crippen LogP contribution in [0.1, 0.15) is 38.3 Å². The quantitative estimate of drug-likeness (QED) is 0.481. The highest BCUT2D eigenvalue weighted by molar-refractivity contribution is 5.80. The van der Waals surface area contributed by atoms with Crippen molar-refractivity contribution >= 4 is 5.96 Å². The van der Waals surface area contributed by atoms with E-state index in [1.807, 2.05) is 24.6 Å². The first kappa shape index (κ1) is 17.9. The average Bonchev–Trinajstić information content (AvgIpc) is 2.93. The maximum atomic E-state index is 5.99. The zero-order chi connectivity index (χ0) is 18.0. The van der Waals surface area contributed by atoms with Crippen LogP contribution in [-0.4, -0.2) is 46.0 Å². The standard InChI is InChI=1S/C18H30N6O/c1-6-9-19-17(20-11-14-23-22-12(2)24(14)5)21-15-13-8-7-10-25-16(13)18(15,3)4/h6,13,15-16H,1,7-11H2,2-5H3,(H2,19,20,21). The number of guanidine groups is 1. The van der Waals surface area contributed by atoms with Crippen LogP contribution in [-0.2, 0) is 18.3 Å². The lowest BCUT2D eigenvalue weighted by Crippen LogP contribution is -2.71. The third-order valence-corrected chi connectivity index (χ3v) is 5.60. The summed E-state index contributed by atoms with van der Waals surface area (Å²) in [5, 5.41) is 15.2. The Hall–Kier alpha value is -1.89. The van der Waals surface area contributed by atoms with Gasteiger partial charge >= 0.3 is 0 Å². The van der Waals surface area contributed by atoms with Crippen LogP contribution in [0.5, 0.6) is 0 Å². The van der Waals surface area contributed by atoms with E-state index in [1.165, 1.54) is 6.42 Å². The molecule has 1 saturated heterocycles. The molecule has 1 aliphatic carbocycles. The summed E-state index contributed by atoms with van der Waals surface area (Å²) in [7, 11) is 1.96. The third-order valence-electron chi connectivity index (χ3n) is 5.60. The molecule has 3 unspecified atom stereocenters. The van der Waals surface area contributed by atoms with Crippen molar-refractivity contribution in [2.24, 2.45) is 23.4 Å². The summed E-state index contributed by atoms with van der Waals surface area (Å²) < 4.78 is 7.96. The summed E-state index contributed by atoms with van der Waals surface area (Å²) in [6.45, 7) is 12.3. The van der Waals surface area contributed by atoms with Gasteiger partial charge in [-0.3, -0.25) is 0 Å². The molecule has 0 aromatic carbocycles. The Morgan fingerprint density at radius 2 is 2.28 bits per heavy atom. The van der Waals surface area contributed by atoms with E-state index in [0.717, 1.165) is 30.6 Å². The van der Waals surface area contributed by atoms with Crippen LogP contribution in [0.15, 0.2) is 17.6 Å². The lowest BCUT2D eigenvalue weighted by atomic mass is 9.55. The summed E-state index contributed by atoms with van der Waals surface area (Å²) in [4.78, 5) is 4.71. The molecular weight excluding hydrogens is 316 g/mol. The highest BCUT2D eigenvalue weighted by atomic mass is 16.5. The second kappa shape index (κ2) is 7.15. The molecule has 2 fully saturated rings. The maximum Gasteiger partial charge on any atom is 0.192 e. The van der Waals surface area contributed by atoms with Gasteiger partial charge in [-0.1, -0.05) is 19.9 Å². The molecule has 2 aliphatic rings. The van der Waals surface area contributed by atoms with Gasteiger partial charge in [-0.05, 0) is 19.8 Å². The zero-order valence-electron chi connectivity index (χ0n) is 15.7. The minimum absolute atomic E-state index is 0.100. The van der Waals surface area contributed by atoms with Gasteiger partial charge < -0.3 is 19.9 Å². The van der Waals surface area contributed by atoms with Crippen molar-refractivity contribution in [2.45, 2.75) is 52.3 Å². The van der Waals surface area contributed by atoms with E-state index >= 15 is 0 Å². The molecule has 1 aromatic rings. The van der Waals surface area contributed by atoms with Crippen molar-refractivity contribution in [3.63, 3.8) is 0 Å².